The third kappa shape index (κ3) is 5.12. The summed E-state index contributed by atoms with van der Waals surface area (Å²) in [4.78, 5) is 42.1. The van der Waals surface area contributed by atoms with E-state index in [1.165, 1.54) is 15.6 Å². The van der Waals surface area contributed by atoms with Crippen molar-refractivity contribution in [1.82, 2.24) is 20.2 Å². The Hall–Kier alpha value is -3.15. The lowest BCUT2D eigenvalue weighted by atomic mass is 9.86. The Morgan fingerprint density at radius 2 is 1.97 bits per heavy atom. The molecule has 2 aliphatic heterocycles. The third-order valence-corrected chi connectivity index (χ3v) is 6.10. The summed E-state index contributed by atoms with van der Waals surface area (Å²) in [6, 6.07) is 1.75. The van der Waals surface area contributed by atoms with Crippen molar-refractivity contribution in [2.45, 2.75) is 51.9 Å². The number of rotatable bonds is 4. The fourth-order valence-electron chi connectivity index (χ4n) is 4.49. The van der Waals surface area contributed by atoms with E-state index in [2.05, 4.69) is 10.4 Å². The molecule has 3 amide bonds. The first-order valence-electron chi connectivity index (χ1n) is 11.4. The van der Waals surface area contributed by atoms with Crippen LogP contribution in [0.4, 0.5) is 23.8 Å². The number of hydroxylamine groups is 2. The van der Waals surface area contributed by atoms with Crippen LogP contribution in [0.5, 0.6) is 0 Å². The van der Waals surface area contributed by atoms with E-state index in [1.807, 2.05) is 20.8 Å². The molecule has 35 heavy (non-hydrogen) atoms. The van der Waals surface area contributed by atoms with Gasteiger partial charge in [-0.1, -0.05) is 20.8 Å². The zero-order valence-corrected chi connectivity index (χ0v) is 20.0. The maximum Gasteiger partial charge on any atom is 0.329 e. The molecule has 4 rings (SSSR count). The zero-order chi connectivity index (χ0) is 25.7. The standard InChI is InChI=1S/C23H28F3N5O4/c1-22(2,3)11-19(33)35-30-7-5-15(23(25,26)12-30)13-10-17-14(9-16(13)24)20(28-29(17)4)31-8-6-18(32)27-21(31)34/h9-10,15H,5-8,11-12H2,1-4H3,(H,27,32,34)/t15-/m0/s1. The van der Waals surface area contributed by atoms with E-state index in [1.54, 1.807) is 7.05 Å². The number of amides is 3. The van der Waals surface area contributed by atoms with E-state index < -0.39 is 42.1 Å². The minimum atomic E-state index is -3.36. The highest BCUT2D eigenvalue weighted by atomic mass is 19.3. The monoisotopic (exact) mass is 495 g/mol. The van der Waals surface area contributed by atoms with Crippen molar-refractivity contribution in [3.05, 3.63) is 23.5 Å². The molecule has 2 saturated heterocycles. The molecule has 1 N–H and O–H groups in total. The molecule has 0 aliphatic carbocycles. The molecule has 0 unspecified atom stereocenters. The molecular weight excluding hydrogens is 467 g/mol. The van der Waals surface area contributed by atoms with E-state index >= 15 is 13.2 Å². The van der Waals surface area contributed by atoms with Crippen molar-refractivity contribution >= 4 is 34.6 Å². The largest absolute Gasteiger partial charge is 0.368 e. The number of carbonyl (C=O) groups is 3. The predicted molar refractivity (Wildman–Crippen MR) is 120 cm³/mol. The van der Waals surface area contributed by atoms with Crippen molar-refractivity contribution in [2.75, 3.05) is 24.5 Å². The first-order valence-corrected chi connectivity index (χ1v) is 11.4. The minimum absolute atomic E-state index is 0.0340. The molecule has 0 saturated carbocycles. The highest BCUT2D eigenvalue weighted by molar-refractivity contribution is 6.08. The van der Waals surface area contributed by atoms with Crippen molar-refractivity contribution in [3.8, 4) is 0 Å². The number of carbonyl (C=O) groups excluding carboxylic acids is 3. The van der Waals surface area contributed by atoms with E-state index in [4.69, 9.17) is 4.84 Å². The van der Waals surface area contributed by atoms with E-state index in [0.717, 1.165) is 11.1 Å². The van der Waals surface area contributed by atoms with Crippen LogP contribution in [0.3, 0.4) is 0 Å². The number of alkyl halides is 2. The lowest BCUT2D eigenvalue weighted by molar-refractivity contribution is -0.225. The fourth-order valence-corrected chi connectivity index (χ4v) is 4.49. The van der Waals surface area contributed by atoms with Gasteiger partial charge in [0.15, 0.2) is 5.82 Å². The molecule has 2 aromatic rings. The van der Waals surface area contributed by atoms with Gasteiger partial charge in [0.2, 0.25) is 5.91 Å². The first kappa shape index (κ1) is 25.0. The van der Waals surface area contributed by atoms with Crippen molar-refractivity contribution in [3.63, 3.8) is 0 Å². The van der Waals surface area contributed by atoms with Crippen LogP contribution in [-0.2, 0) is 21.5 Å². The van der Waals surface area contributed by atoms with E-state index in [-0.39, 0.29) is 54.5 Å². The minimum Gasteiger partial charge on any atom is -0.368 e. The summed E-state index contributed by atoms with van der Waals surface area (Å²) in [5.41, 5.74) is -0.144. The summed E-state index contributed by atoms with van der Waals surface area (Å²) in [5, 5.41) is 7.68. The van der Waals surface area contributed by atoms with Gasteiger partial charge < -0.3 is 4.84 Å². The Bertz CT molecular complexity index is 1190. The number of benzene rings is 1. The van der Waals surface area contributed by atoms with Crippen LogP contribution in [-0.4, -0.2) is 58.3 Å². The Kier molecular flexibility index (Phi) is 6.28. The topological polar surface area (TPSA) is 96.8 Å². The van der Waals surface area contributed by atoms with Crippen LogP contribution in [0.2, 0.25) is 0 Å². The molecule has 9 nitrogen and oxygen atoms in total. The Morgan fingerprint density at radius 1 is 1.26 bits per heavy atom. The van der Waals surface area contributed by atoms with Crippen LogP contribution in [0, 0.1) is 11.2 Å². The summed E-state index contributed by atoms with van der Waals surface area (Å²) >= 11 is 0. The van der Waals surface area contributed by atoms with Crippen LogP contribution < -0.4 is 10.2 Å². The van der Waals surface area contributed by atoms with E-state index in [9.17, 15) is 14.4 Å². The molecule has 2 fully saturated rings. The molecule has 190 valence electrons. The van der Waals surface area contributed by atoms with Crippen LogP contribution in [0.15, 0.2) is 12.1 Å². The van der Waals surface area contributed by atoms with Gasteiger partial charge in [-0.05, 0) is 29.5 Å². The SMILES string of the molecule is Cn1nc(N2CCC(=O)NC2=O)c2cc(F)c([C@@H]3CCN(OC(=O)CC(C)(C)C)CC3(F)F)cc21. The fraction of sp³-hybridized carbons (Fsp3) is 0.565. The molecule has 0 spiro atoms. The Balaban J connectivity index is 1.58. The molecular formula is C23H28F3N5O4. The van der Waals surface area contributed by atoms with Crippen molar-refractivity contribution in [1.29, 1.82) is 0 Å². The molecule has 0 bridgehead atoms. The molecule has 1 aromatic heterocycles. The number of nitrogens with one attached hydrogen (secondary N) is 1. The zero-order valence-electron chi connectivity index (χ0n) is 20.0. The number of urea groups is 1. The quantitative estimate of drug-likeness (QED) is 0.698. The second-order valence-electron chi connectivity index (χ2n) is 10.3. The van der Waals surface area contributed by atoms with Crippen LogP contribution >= 0.6 is 0 Å². The van der Waals surface area contributed by atoms with Gasteiger partial charge in [-0.15, -0.1) is 5.06 Å². The number of fused-ring (bicyclic) bond motifs is 1. The molecule has 0 radical (unpaired) electrons. The van der Waals surface area contributed by atoms with Gasteiger partial charge in [0.25, 0.3) is 5.92 Å². The number of piperidine rings is 1. The smallest absolute Gasteiger partial charge is 0.329 e. The second kappa shape index (κ2) is 8.81. The van der Waals surface area contributed by atoms with Gasteiger partial charge in [-0.25, -0.2) is 18.0 Å². The van der Waals surface area contributed by atoms with Crippen molar-refractivity contribution < 1.29 is 32.4 Å². The Labute approximate surface area is 200 Å². The summed E-state index contributed by atoms with van der Waals surface area (Å²) in [5.74, 6) is -6.50. The van der Waals surface area contributed by atoms with Crippen LogP contribution in [0.1, 0.15) is 51.5 Å². The normalized spacial score (nSPS) is 21.3. The number of aromatic nitrogens is 2. The summed E-state index contributed by atoms with van der Waals surface area (Å²) in [6.45, 7) is 4.79. The molecule has 3 heterocycles. The van der Waals surface area contributed by atoms with Gasteiger partial charge in [-0.2, -0.15) is 5.10 Å². The number of imide groups is 1. The number of nitrogens with zero attached hydrogens (tertiary/aromatic N) is 4. The maximum atomic E-state index is 15.2. The van der Waals surface area contributed by atoms with Gasteiger partial charge in [0.1, 0.15) is 5.82 Å². The Morgan fingerprint density at radius 3 is 2.60 bits per heavy atom. The summed E-state index contributed by atoms with van der Waals surface area (Å²) in [6.07, 6.45) is 0.0187. The van der Waals surface area contributed by atoms with Gasteiger partial charge in [-0.3, -0.25) is 24.5 Å². The number of hydrogen-bond donors (Lipinski definition) is 1. The van der Waals surface area contributed by atoms with Gasteiger partial charge >= 0.3 is 12.0 Å². The predicted octanol–water partition coefficient (Wildman–Crippen LogP) is 3.48. The second-order valence-corrected chi connectivity index (χ2v) is 10.3. The molecule has 2 aliphatic rings. The molecule has 1 aromatic carbocycles. The van der Waals surface area contributed by atoms with Gasteiger partial charge in [0.05, 0.1) is 24.4 Å². The average Bonchev–Trinajstić information content (AvgIpc) is 3.01. The maximum absolute atomic E-state index is 15.2. The van der Waals surface area contributed by atoms with Crippen molar-refractivity contribution in [2.24, 2.45) is 12.5 Å². The number of anilines is 1. The van der Waals surface area contributed by atoms with Crippen LogP contribution in [0.25, 0.3) is 10.9 Å². The highest BCUT2D eigenvalue weighted by Gasteiger charge is 2.48. The number of hydrogen-bond acceptors (Lipinski definition) is 6. The number of aryl methyl sites for hydroxylation is 1. The summed E-state index contributed by atoms with van der Waals surface area (Å²) in [7, 11) is 1.57. The summed E-state index contributed by atoms with van der Waals surface area (Å²) < 4.78 is 46.9. The van der Waals surface area contributed by atoms with Gasteiger partial charge in [0, 0.05) is 31.9 Å². The average molecular weight is 496 g/mol. The highest BCUT2D eigenvalue weighted by Crippen LogP contribution is 2.43. The van der Waals surface area contributed by atoms with E-state index in [0.29, 0.717) is 5.52 Å². The molecule has 1 atom stereocenters. The molecule has 12 heteroatoms. The number of halogens is 3. The lowest BCUT2D eigenvalue weighted by Crippen LogP contribution is -2.49. The lowest BCUT2D eigenvalue weighted by Gasteiger charge is -2.37. The third-order valence-electron chi connectivity index (χ3n) is 6.10. The first-order chi connectivity index (χ1) is 16.2.